The molecule has 1 saturated heterocycles. The smallest absolute Gasteiger partial charge is 0.433 e. The number of halogens is 5. The molecular formula is C31H24BrClF3N3O6. The van der Waals surface area contributed by atoms with Crippen LogP contribution in [0.1, 0.15) is 36.9 Å². The van der Waals surface area contributed by atoms with Crippen LogP contribution in [-0.2, 0) is 25.4 Å². The van der Waals surface area contributed by atoms with Gasteiger partial charge in [0.2, 0.25) is 0 Å². The quantitative estimate of drug-likeness (QED) is 0.240. The van der Waals surface area contributed by atoms with E-state index in [2.05, 4.69) is 20.9 Å². The molecule has 4 aliphatic rings. The van der Waals surface area contributed by atoms with E-state index < -0.39 is 64.7 Å². The summed E-state index contributed by atoms with van der Waals surface area (Å²) in [4.78, 5) is 58.3. The normalized spacial score (nSPS) is 24.6. The summed E-state index contributed by atoms with van der Waals surface area (Å²) in [6.45, 7) is 1.99. The fourth-order valence-corrected chi connectivity index (χ4v) is 7.43. The minimum atomic E-state index is -4.79. The van der Waals surface area contributed by atoms with Crippen molar-refractivity contribution in [2.45, 2.75) is 31.9 Å². The number of pyridine rings is 1. The van der Waals surface area contributed by atoms with Crippen LogP contribution in [0.5, 0.6) is 11.5 Å². The highest BCUT2D eigenvalue weighted by molar-refractivity contribution is 9.12. The van der Waals surface area contributed by atoms with E-state index in [0.29, 0.717) is 17.2 Å². The van der Waals surface area contributed by atoms with Crippen LogP contribution >= 0.6 is 27.5 Å². The van der Waals surface area contributed by atoms with Crippen molar-refractivity contribution in [3.05, 3.63) is 80.0 Å². The van der Waals surface area contributed by atoms with Crippen molar-refractivity contribution in [1.82, 2.24) is 9.99 Å². The van der Waals surface area contributed by atoms with Crippen LogP contribution in [0.4, 0.5) is 19.0 Å². The van der Waals surface area contributed by atoms with Gasteiger partial charge >= 0.3 is 6.18 Å². The van der Waals surface area contributed by atoms with Crippen molar-refractivity contribution in [2.24, 2.45) is 17.8 Å². The minimum Gasteiger partial charge on any atom is -0.504 e. The molecule has 9 nitrogen and oxygen atoms in total. The van der Waals surface area contributed by atoms with E-state index >= 15 is 0 Å². The number of alkyl halides is 3. The maximum Gasteiger partial charge on any atom is 0.433 e. The summed E-state index contributed by atoms with van der Waals surface area (Å²) in [5.41, 5.74) is 0.377. The molecule has 1 aromatic heterocycles. The highest BCUT2D eigenvalue weighted by atomic mass is 79.9. The topological polar surface area (TPSA) is 117 Å². The van der Waals surface area contributed by atoms with Crippen molar-refractivity contribution in [2.75, 3.05) is 18.7 Å². The van der Waals surface area contributed by atoms with Gasteiger partial charge in [-0.3, -0.25) is 24.2 Å². The monoisotopic (exact) mass is 705 g/mol. The molecule has 2 amide bonds. The molecule has 0 bridgehead atoms. The number of amides is 2. The SMILES string of the molecule is CCOc1cc(C2C3=CCC4C(=O)N(N(C)c5nc(C(F)(F)F)ccc5Cl)C(=O)C4C3CC3=C2C(=O)C=C(Br)C3=O)ccc1O. The third-order valence-electron chi connectivity index (χ3n) is 8.65. The number of carbonyl (C=O) groups excluding carboxylic acids is 4. The van der Waals surface area contributed by atoms with E-state index in [1.807, 2.05) is 0 Å². The summed E-state index contributed by atoms with van der Waals surface area (Å²) in [6, 6.07) is 6.30. The number of benzene rings is 1. The lowest BCUT2D eigenvalue weighted by atomic mass is 9.59. The first-order valence-electron chi connectivity index (χ1n) is 13.9. The molecule has 1 aliphatic heterocycles. The predicted molar refractivity (Wildman–Crippen MR) is 158 cm³/mol. The molecule has 45 heavy (non-hydrogen) atoms. The Morgan fingerprint density at radius 1 is 1.13 bits per heavy atom. The van der Waals surface area contributed by atoms with Gasteiger partial charge < -0.3 is 9.84 Å². The lowest BCUT2D eigenvalue weighted by molar-refractivity contribution is -0.141. The largest absolute Gasteiger partial charge is 0.504 e. The number of hydrazine groups is 1. The molecule has 1 aromatic carbocycles. The molecule has 2 aromatic rings. The maximum absolute atomic E-state index is 14.1. The summed E-state index contributed by atoms with van der Waals surface area (Å²) in [5, 5.41) is 11.8. The lowest BCUT2D eigenvalue weighted by Crippen LogP contribution is -2.46. The Kier molecular flexibility index (Phi) is 7.67. The third-order valence-corrected chi connectivity index (χ3v) is 9.53. The van der Waals surface area contributed by atoms with Gasteiger partial charge in [0.15, 0.2) is 28.9 Å². The molecular weight excluding hydrogens is 683 g/mol. The number of carbonyl (C=O) groups is 4. The average molecular weight is 707 g/mol. The van der Waals surface area contributed by atoms with Crippen molar-refractivity contribution in [3.8, 4) is 11.5 Å². The van der Waals surface area contributed by atoms with E-state index in [1.165, 1.54) is 19.2 Å². The van der Waals surface area contributed by atoms with Crippen LogP contribution in [0.2, 0.25) is 5.02 Å². The van der Waals surface area contributed by atoms with Crippen LogP contribution in [-0.4, -0.2) is 52.1 Å². The maximum atomic E-state index is 14.1. The average Bonchev–Trinajstić information content (AvgIpc) is 3.25. The Labute approximate surface area is 268 Å². The number of aromatic nitrogens is 1. The first-order valence-corrected chi connectivity index (χ1v) is 15.1. The number of ketones is 2. The molecule has 0 saturated carbocycles. The highest BCUT2D eigenvalue weighted by Crippen LogP contribution is 2.56. The van der Waals surface area contributed by atoms with Gasteiger partial charge in [-0.1, -0.05) is 29.3 Å². The number of rotatable bonds is 5. The van der Waals surface area contributed by atoms with Crippen molar-refractivity contribution in [1.29, 1.82) is 0 Å². The fourth-order valence-electron chi connectivity index (χ4n) is 6.76. The molecule has 4 unspecified atom stereocenters. The Morgan fingerprint density at radius 2 is 1.87 bits per heavy atom. The molecule has 1 N–H and O–H groups in total. The number of hydrogen-bond donors (Lipinski definition) is 1. The van der Waals surface area contributed by atoms with Crippen molar-refractivity contribution >= 4 is 56.7 Å². The van der Waals surface area contributed by atoms with Crippen LogP contribution in [0, 0.1) is 17.8 Å². The van der Waals surface area contributed by atoms with Crippen LogP contribution in [0.3, 0.4) is 0 Å². The molecule has 14 heteroatoms. The summed E-state index contributed by atoms with van der Waals surface area (Å²) < 4.78 is 46.0. The number of phenolic OH excluding ortho intramolecular Hbond substituents is 1. The molecule has 4 atom stereocenters. The number of ether oxygens (including phenoxy) is 1. The summed E-state index contributed by atoms with van der Waals surface area (Å²) in [6.07, 6.45) is -1.70. The fraction of sp³-hybridized carbons (Fsp3) is 0.323. The zero-order chi connectivity index (χ0) is 32.5. The van der Waals surface area contributed by atoms with Gasteiger partial charge in [-0.2, -0.15) is 18.2 Å². The number of nitrogens with zero attached hydrogens (tertiary/aromatic N) is 3. The summed E-state index contributed by atoms with van der Waals surface area (Å²) >= 11 is 9.36. The van der Waals surface area contributed by atoms with Crippen LogP contribution in [0.25, 0.3) is 0 Å². The second kappa shape index (κ2) is 11.1. The Balaban J connectivity index is 1.44. The minimum absolute atomic E-state index is 0.0120. The second-order valence-corrected chi connectivity index (χ2v) is 12.3. The number of fused-ring (bicyclic) bond motifs is 3. The second-order valence-electron chi connectivity index (χ2n) is 11.1. The van der Waals surface area contributed by atoms with E-state index in [9.17, 15) is 37.5 Å². The zero-order valence-electron chi connectivity index (χ0n) is 23.7. The van der Waals surface area contributed by atoms with Gasteiger partial charge in [0.05, 0.1) is 27.9 Å². The molecule has 0 radical (unpaired) electrons. The van der Waals surface area contributed by atoms with Gasteiger partial charge in [-0.05, 0) is 71.4 Å². The molecule has 0 spiro atoms. The number of imide groups is 1. The van der Waals surface area contributed by atoms with E-state index in [0.717, 1.165) is 16.1 Å². The molecule has 2 heterocycles. The van der Waals surface area contributed by atoms with Gasteiger partial charge in [0, 0.05) is 30.2 Å². The molecule has 3 aliphatic carbocycles. The van der Waals surface area contributed by atoms with Crippen LogP contribution < -0.4 is 9.75 Å². The molecule has 6 rings (SSSR count). The van der Waals surface area contributed by atoms with Crippen molar-refractivity contribution < 1.29 is 42.2 Å². The Bertz CT molecular complexity index is 1790. The molecule has 234 valence electrons. The first kappa shape index (κ1) is 31.0. The van der Waals surface area contributed by atoms with E-state index in [1.54, 1.807) is 25.1 Å². The lowest BCUT2D eigenvalue weighted by Gasteiger charge is -2.42. The van der Waals surface area contributed by atoms with Gasteiger partial charge in [0.25, 0.3) is 11.8 Å². The van der Waals surface area contributed by atoms with Gasteiger partial charge in [-0.15, -0.1) is 0 Å². The standard InChI is InChI=1S/C31H24BrClF3N3O6/c1-3-45-22-10-13(4-8-20(22)40)24-14-5-6-15-25(16(14)11-17-26(24)21(41)12-18(32)27(17)42)30(44)39(29(15)43)38(2)28-19(33)7-9-23(37-28)31(34,35)36/h4-5,7-10,12,15-16,24-25,40H,3,6,11H2,1-2H3. The number of anilines is 1. The first-order chi connectivity index (χ1) is 21.2. The van der Waals surface area contributed by atoms with E-state index in [4.69, 9.17) is 16.3 Å². The van der Waals surface area contributed by atoms with Gasteiger partial charge in [-0.25, -0.2) is 4.98 Å². The molecule has 1 fully saturated rings. The highest BCUT2D eigenvalue weighted by Gasteiger charge is 2.57. The number of phenols is 1. The Hall–Kier alpha value is -3.97. The summed E-state index contributed by atoms with van der Waals surface area (Å²) in [5.74, 6) is -5.90. The van der Waals surface area contributed by atoms with Crippen molar-refractivity contribution in [3.63, 3.8) is 0 Å². The van der Waals surface area contributed by atoms with Gasteiger partial charge in [0.1, 0.15) is 5.69 Å². The summed E-state index contributed by atoms with van der Waals surface area (Å²) in [7, 11) is 1.23. The zero-order valence-corrected chi connectivity index (χ0v) is 26.0. The predicted octanol–water partition coefficient (Wildman–Crippen LogP) is 5.67. The number of aromatic hydroxyl groups is 1. The van der Waals surface area contributed by atoms with E-state index in [-0.39, 0.29) is 51.6 Å². The number of allylic oxidation sites excluding steroid dienone is 6. The third kappa shape index (κ3) is 4.96. The van der Waals surface area contributed by atoms with Crippen LogP contribution in [0.15, 0.2) is 63.7 Å². The Morgan fingerprint density at radius 3 is 2.56 bits per heavy atom. The number of Topliss-reactive ketones (excluding diaryl/α,β-unsaturated/α-hetero) is 1. The number of hydrogen-bond acceptors (Lipinski definition) is 8.